The SMILES string of the molecule is CC(C)CC(=O)OC1=CC(Cl)C(OC(=O)CC(C)C)(C(O)CNCCNC(=O)Cc2ccccc2)C=C1. The average molecular weight is 535 g/mol. The number of benzene rings is 1. The minimum atomic E-state index is -1.55. The molecule has 3 N–H and O–H groups in total. The zero-order valence-electron chi connectivity index (χ0n) is 22.0. The van der Waals surface area contributed by atoms with Crippen LogP contribution in [0, 0.1) is 11.8 Å². The second-order valence-corrected chi connectivity index (χ2v) is 10.5. The van der Waals surface area contributed by atoms with Gasteiger partial charge >= 0.3 is 11.9 Å². The van der Waals surface area contributed by atoms with Gasteiger partial charge in [-0.3, -0.25) is 14.4 Å². The molecular formula is C28H39ClN2O6. The third-order valence-electron chi connectivity index (χ3n) is 5.61. The highest BCUT2D eigenvalue weighted by Gasteiger charge is 2.47. The molecule has 0 bridgehead atoms. The number of esters is 2. The number of rotatable bonds is 14. The Morgan fingerprint density at radius 3 is 2.30 bits per heavy atom. The first kappa shape index (κ1) is 30.5. The van der Waals surface area contributed by atoms with Crippen LogP contribution in [-0.4, -0.2) is 59.7 Å². The average Bonchev–Trinajstić information content (AvgIpc) is 2.80. The van der Waals surface area contributed by atoms with Crippen molar-refractivity contribution in [2.45, 2.75) is 64.0 Å². The Morgan fingerprint density at radius 1 is 1.03 bits per heavy atom. The van der Waals surface area contributed by atoms with Gasteiger partial charge in [-0.25, -0.2) is 0 Å². The van der Waals surface area contributed by atoms with E-state index in [1.807, 2.05) is 58.0 Å². The molecule has 0 aromatic heterocycles. The van der Waals surface area contributed by atoms with Gasteiger partial charge in [-0.05, 0) is 35.6 Å². The van der Waals surface area contributed by atoms with Crippen LogP contribution in [0.1, 0.15) is 46.1 Å². The van der Waals surface area contributed by atoms with E-state index >= 15 is 0 Å². The number of allylic oxidation sites excluding steroid dienone is 1. The predicted octanol–water partition coefficient (Wildman–Crippen LogP) is 3.27. The zero-order chi connectivity index (χ0) is 27.4. The number of hydrogen-bond donors (Lipinski definition) is 3. The molecule has 1 aliphatic carbocycles. The summed E-state index contributed by atoms with van der Waals surface area (Å²) in [6, 6.07) is 9.44. The number of hydrogen-bond acceptors (Lipinski definition) is 7. The van der Waals surface area contributed by atoms with Crippen molar-refractivity contribution in [2.24, 2.45) is 11.8 Å². The Kier molecular flexibility index (Phi) is 12.3. The number of amides is 1. The van der Waals surface area contributed by atoms with Crippen LogP contribution in [0.3, 0.4) is 0 Å². The van der Waals surface area contributed by atoms with Gasteiger partial charge in [0.1, 0.15) is 17.2 Å². The van der Waals surface area contributed by atoms with E-state index in [0.29, 0.717) is 13.1 Å². The quantitative estimate of drug-likeness (QED) is 0.191. The standard InChI is InChI=1S/C28H39ClN2O6/c1-19(2)14-26(34)36-22-10-11-28(23(29)17-22,37-27(35)15-20(3)4)24(32)18-30-12-13-31-25(33)16-21-8-6-5-7-9-21/h5-11,17,19-20,23-24,30,32H,12-16,18H2,1-4H3,(H,31,33). The van der Waals surface area contributed by atoms with Gasteiger partial charge in [0.25, 0.3) is 0 Å². The lowest BCUT2D eigenvalue weighted by Crippen LogP contribution is -2.56. The summed E-state index contributed by atoms with van der Waals surface area (Å²) in [6.07, 6.45) is 3.94. The minimum absolute atomic E-state index is 0.0490. The van der Waals surface area contributed by atoms with Crippen molar-refractivity contribution in [3.8, 4) is 0 Å². The molecule has 37 heavy (non-hydrogen) atoms. The third kappa shape index (κ3) is 10.3. The second kappa shape index (κ2) is 14.9. The van der Waals surface area contributed by atoms with Gasteiger partial charge in [-0.2, -0.15) is 0 Å². The lowest BCUT2D eigenvalue weighted by atomic mass is 9.87. The van der Waals surface area contributed by atoms with Gasteiger partial charge in [0.05, 0.1) is 6.42 Å². The largest absolute Gasteiger partial charge is 0.450 e. The predicted molar refractivity (Wildman–Crippen MR) is 143 cm³/mol. The molecule has 8 nitrogen and oxygen atoms in total. The molecule has 1 amide bonds. The van der Waals surface area contributed by atoms with E-state index in [1.165, 1.54) is 18.2 Å². The number of alkyl halides is 1. The zero-order valence-corrected chi connectivity index (χ0v) is 22.8. The van der Waals surface area contributed by atoms with E-state index < -0.39 is 29.0 Å². The Morgan fingerprint density at radius 2 is 1.68 bits per heavy atom. The van der Waals surface area contributed by atoms with Crippen LogP contribution < -0.4 is 10.6 Å². The van der Waals surface area contributed by atoms with Crippen molar-refractivity contribution >= 4 is 29.4 Å². The molecule has 3 atom stereocenters. The highest BCUT2D eigenvalue weighted by molar-refractivity contribution is 6.23. The summed E-state index contributed by atoms with van der Waals surface area (Å²) in [5, 5.41) is 16.0. The number of aliphatic hydroxyl groups is 1. The molecule has 0 saturated heterocycles. The molecule has 2 rings (SSSR count). The molecule has 3 unspecified atom stereocenters. The van der Waals surface area contributed by atoms with Crippen molar-refractivity contribution in [1.29, 1.82) is 0 Å². The van der Waals surface area contributed by atoms with Gasteiger partial charge in [0.15, 0.2) is 5.60 Å². The maximum absolute atomic E-state index is 12.6. The van der Waals surface area contributed by atoms with Crippen LogP contribution in [0.4, 0.5) is 0 Å². The fraction of sp³-hybridized carbons (Fsp3) is 0.536. The van der Waals surface area contributed by atoms with Gasteiger partial charge in [0, 0.05) is 32.5 Å². The molecule has 9 heteroatoms. The number of ether oxygens (including phenoxy) is 2. The molecule has 0 radical (unpaired) electrons. The van der Waals surface area contributed by atoms with E-state index in [2.05, 4.69) is 10.6 Å². The minimum Gasteiger partial charge on any atom is -0.450 e. The first-order chi connectivity index (χ1) is 17.5. The fourth-order valence-corrected chi connectivity index (χ4v) is 4.15. The highest BCUT2D eigenvalue weighted by Crippen LogP contribution is 2.34. The van der Waals surface area contributed by atoms with E-state index in [4.69, 9.17) is 21.1 Å². The van der Waals surface area contributed by atoms with Gasteiger partial charge in [-0.1, -0.05) is 58.0 Å². The normalized spacial score (nSPS) is 19.9. The van der Waals surface area contributed by atoms with E-state index in [1.54, 1.807) is 0 Å². The summed E-state index contributed by atoms with van der Waals surface area (Å²) >= 11 is 6.62. The molecule has 1 aliphatic rings. The lowest BCUT2D eigenvalue weighted by molar-refractivity contribution is -0.165. The summed E-state index contributed by atoms with van der Waals surface area (Å²) in [7, 11) is 0. The van der Waals surface area contributed by atoms with E-state index in [0.717, 1.165) is 5.56 Å². The van der Waals surface area contributed by atoms with Crippen LogP contribution in [0.15, 0.2) is 54.3 Å². The number of halogens is 1. The van der Waals surface area contributed by atoms with E-state index in [-0.39, 0.29) is 49.3 Å². The molecule has 0 aliphatic heterocycles. The lowest BCUT2D eigenvalue weighted by Gasteiger charge is -2.39. The first-order valence-electron chi connectivity index (χ1n) is 12.7. The van der Waals surface area contributed by atoms with Crippen molar-refractivity contribution in [3.05, 3.63) is 59.9 Å². The molecule has 0 fully saturated rings. The topological polar surface area (TPSA) is 114 Å². The number of aliphatic hydroxyl groups excluding tert-OH is 1. The highest BCUT2D eigenvalue weighted by atomic mass is 35.5. The van der Waals surface area contributed by atoms with Crippen molar-refractivity contribution in [2.75, 3.05) is 19.6 Å². The number of nitrogens with one attached hydrogen (secondary N) is 2. The maximum atomic E-state index is 12.6. The van der Waals surface area contributed by atoms with Crippen molar-refractivity contribution in [3.63, 3.8) is 0 Å². The summed E-state index contributed by atoms with van der Waals surface area (Å²) in [4.78, 5) is 36.7. The molecule has 1 aromatic carbocycles. The van der Waals surface area contributed by atoms with Crippen molar-refractivity contribution in [1.82, 2.24) is 10.6 Å². The van der Waals surface area contributed by atoms with Crippen LogP contribution in [0.25, 0.3) is 0 Å². The number of carbonyl (C=O) groups is 3. The van der Waals surface area contributed by atoms with Crippen LogP contribution in [0.5, 0.6) is 0 Å². The van der Waals surface area contributed by atoms with Crippen molar-refractivity contribution < 1.29 is 29.0 Å². The van der Waals surface area contributed by atoms with Crippen LogP contribution in [-0.2, 0) is 30.3 Å². The van der Waals surface area contributed by atoms with Gasteiger partial charge in [-0.15, -0.1) is 11.6 Å². The summed E-state index contributed by atoms with van der Waals surface area (Å²) in [5.41, 5.74) is -0.626. The molecule has 0 saturated carbocycles. The van der Waals surface area contributed by atoms with Gasteiger partial charge < -0.3 is 25.2 Å². The second-order valence-electron chi connectivity index (χ2n) is 10.0. The summed E-state index contributed by atoms with van der Waals surface area (Å²) in [5.74, 6) is -0.555. The Bertz CT molecular complexity index is 963. The molecule has 1 aromatic rings. The summed E-state index contributed by atoms with van der Waals surface area (Å²) < 4.78 is 11.1. The van der Waals surface area contributed by atoms with Gasteiger partial charge in [0.2, 0.25) is 5.91 Å². The molecule has 0 heterocycles. The monoisotopic (exact) mass is 534 g/mol. The first-order valence-corrected chi connectivity index (χ1v) is 13.1. The smallest absolute Gasteiger partial charge is 0.311 e. The molecule has 204 valence electrons. The summed E-state index contributed by atoms with van der Waals surface area (Å²) in [6.45, 7) is 8.39. The van der Waals surface area contributed by atoms with Crippen LogP contribution in [0.2, 0.25) is 0 Å². The Hall–Kier alpha value is -2.68. The fourth-order valence-electron chi connectivity index (χ4n) is 3.77. The molecular weight excluding hydrogens is 496 g/mol. The number of carbonyl (C=O) groups excluding carboxylic acids is 3. The van der Waals surface area contributed by atoms with Crippen LogP contribution >= 0.6 is 11.6 Å². The Labute approximate surface area is 224 Å². The van der Waals surface area contributed by atoms with E-state index in [9.17, 15) is 19.5 Å². The third-order valence-corrected chi connectivity index (χ3v) is 6.08. The molecule has 0 spiro atoms. The maximum Gasteiger partial charge on any atom is 0.311 e. The Balaban J connectivity index is 1.96.